The fourth-order valence-electron chi connectivity index (χ4n) is 1.43. The number of nitrogens with two attached hydrogens (primary N) is 1. The van der Waals surface area contributed by atoms with Gasteiger partial charge in [0.2, 0.25) is 0 Å². The first-order chi connectivity index (χ1) is 6.50. The summed E-state index contributed by atoms with van der Waals surface area (Å²) < 4.78 is 1.08. The highest BCUT2D eigenvalue weighted by Crippen LogP contribution is 2.26. The molecule has 2 heteroatoms. The van der Waals surface area contributed by atoms with Gasteiger partial charge in [0.05, 0.1) is 0 Å². The summed E-state index contributed by atoms with van der Waals surface area (Å²) in [5.41, 5.74) is 9.59. The molecule has 0 radical (unpaired) electrons. The van der Waals surface area contributed by atoms with Crippen molar-refractivity contribution in [3.63, 3.8) is 0 Å². The summed E-state index contributed by atoms with van der Waals surface area (Å²) in [6.07, 6.45) is 0.835. The maximum Gasteiger partial charge on any atom is 0.0343 e. The third-order valence-electron chi connectivity index (χ3n) is 2.12. The number of benzene rings is 1. The molecule has 1 aromatic carbocycles. The fraction of sp³-hybridized carbons (Fsp3) is 0.333. The van der Waals surface area contributed by atoms with Crippen molar-refractivity contribution in [3.05, 3.63) is 46.0 Å². The molecule has 1 unspecified atom stereocenters. The molecule has 1 atom stereocenters. The Hall–Kier alpha value is -0.600. The van der Waals surface area contributed by atoms with Crippen LogP contribution < -0.4 is 5.73 Å². The Balaban J connectivity index is 2.93. The molecule has 76 valence electrons. The minimum absolute atomic E-state index is 0.0433. The molecule has 0 bridgehead atoms. The summed E-state index contributed by atoms with van der Waals surface area (Å²) in [5.74, 6) is 0. The lowest BCUT2D eigenvalue weighted by Crippen LogP contribution is -2.11. The van der Waals surface area contributed by atoms with Gasteiger partial charge in [0.1, 0.15) is 0 Å². The summed E-state index contributed by atoms with van der Waals surface area (Å²) >= 11 is 3.51. The first-order valence-electron chi connectivity index (χ1n) is 4.66. The minimum Gasteiger partial charge on any atom is -0.324 e. The molecule has 0 aliphatic rings. The van der Waals surface area contributed by atoms with E-state index in [0.717, 1.165) is 22.0 Å². The van der Waals surface area contributed by atoms with E-state index in [1.165, 1.54) is 5.56 Å². The molecule has 0 spiro atoms. The number of halogens is 1. The van der Waals surface area contributed by atoms with Gasteiger partial charge in [-0.25, -0.2) is 0 Å². The van der Waals surface area contributed by atoms with Crippen molar-refractivity contribution >= 4 is 15.9 Å². The standard InChI is InChI=1S/C12H16BrN/c1-8(2)6-12(14)10-7-9(3)4-5-11(10)13/h4-5,7,12H,1,6,14H2,2-3H3. The summed E-state index contributed by atoms with van der Waals surface area (Å²) in [6.45, 7) is 7.95. The molecule has 0 heterocycles. The summed E-state index contributed by atoms with van der Waals surface area (Å²) in [5, 5.41) is 0. The Morgan fingerprint density at radius 1 is 1.57 bits per heavy atom. The number of aryl methyl sites for hydroxylation is 1. The number of rotatable bonds is 3. The molecular weight excluding hydrogens is 238 g/mol. The predicted molar refractivity (Wildman–Crippen MR) is 65.2 cm³/mol. The van der Waals surface area contributed by atoms with Crippen LogP contribution in [0, 0.1) is 6.92 Å². The molecule has 0 amide bonds. The highest BCUT2D eigenvalue weighted by Gasteiger charge is 2.09. The van der Waals surface area contributed by atoms with Crippen molar-refractivity contribution in [1.82, 2.24) is 0 Å². The van der Waals surface area contributed by atoms with Crippen LogP contribution in [-0.2, 0) is 0 Å². The predicted octanol–water partition coefficient (Wildman–Crippen LogP) is 3.72. The second-order valence-corrected chi connectivity index (χ2v) is 4.65. The van der Waals surface area contributed by atoms with Gasteiger partial charge in [-0.05, 0) is 31.9 Å². The van der Waals surface area contributed by atoms with E-state index in [9.17, 15) is 0 Å². The van der Waals surface area contributed by atoms with E-state index in [4.69, 9.17) is 5.73 Å². The molecule has 0 aliphatic heterocycles. The highest BCUT2D eigenvalue weighted by atomic mass is 79.9. The second kappa shape index (κ2) is 4.76. The SMILES string of the molecule is C=C(C)CC(N)c1cc(C)ccc1Br. The smallest absolute Gasteiger partial charge is 0.0343 e. The zero-order valence-corrected chi connectivity index (χ0v) is 10.3. The lowest BCUT2D eigenvalue weighted by Gasteiger charge is -2.14. The van der Waals surface area contributed by atoms with E-state index in [1.54, 1.807) is 0 Å². The topological polar surface area (TPSA) is 26.0 Å². The zero-order valence-electron chi connectivity index (χ0n) is 8.68. The Bertz CT molecular complexity index is 344. The van der Waals surface area contributed by atoms with Crippen LogP contribution in [-0.4, -0.2) is 0 Å². The van der Waals surface area contributed by atoms with Crippen LogP contribution in [0.5, 0.6) is 0 Å². The van der Waals surface area contributed by atoms with Crippen LogP contribution in [0.3, 0.4) is 0 Å². The fourth-order valence-corrected chi connectivity index (χ4v) is 1.97. The van der Waals surface area contributed by atoms with E-state index in [1.807, 2.05) is 13.0 Å². The van der Waals surface area contributed by atoms with Gasteiger partial charge in [-0.2, -0.15) is 0 Å². The monoisotopic (exact) mass is 253 g/mol. The van der Waals surface area contributed by atoms with Gasteiger partial charge in [-0.1, -0.05) is 39.2 Å². The zero-order chi connectivity index (χ0) is 10.7. The molecular formula is C12H16BrN. The summed E-state index contributed by atoms with van der Waals surface area (Å²) in [6, 6.07) is 6.28. The van der Waals surface area contributed by atoms with Crippen LogP contribution in [0.2, 0.25) is 0 Å². The van der Waals surface area contributed by atoms with Crippen LogP contribution in [0.1, 0.15) is 30.5 Å². The number of hydrogen-bond donors (Lipinski definition) is 1. The first kappa shape index (κ1) is 11.5. The van der Waals surface area contributed by atoms with E-state index in [-0.39, 0.29) is 6.04 Å². The molecule has 0 saturated heterocycles. The van der Waals surface area contributed by atoms with Crippen molar-refractivity contribution in [2.45, 2.75) is 26.3 Å². The van der Waals surface area contributed by atoms with Crippen LogP contribution in [0.25, 0.3) is 0 Å². The van der Waals surface area contributed by atoms with Gasteiger partial charge >= 0.3 is 0 Å². The summed E-state index contributed by atoms with van der Waals surface area (Å²) in [4.78, 5) is 0. The van der Waals surface area contributed by atoms with Gasteiger partial charge in [-0.3, -0.25) is 0 Å². The molecule has 1 aromatic rings. The lowest BCUT2D eigenvalue weighted by atomic mass is 10.00. The Morgan fingerprint density at radius 2 is 2.21 bits per heavy atom. The van der Waals surface area contributed by atoms with E-state index in [0.29, 0.717) is 0 Å². The van der Waals surface area contributed by atoms with Gasteiger partial charge in [0, 0.05) is 10.5 Å². The largest absolute Gasteiger partial charge is 0.324 e. The van der Waals surface area contributed by atoms with Crippen molar-refractivity contribution in [2.75, 3.05) is 0 Å². The van der Waals surface area contributed by atoms with Crippen LogP contribution >= 0.6 is 15.9 Å². The third-order valence-corrected chi connectivity index (χ3v) is 2.84. The molecule has 0 fully saturated rings. The third kappa shape index (κ3) is 2.96. The van der Waals surface area contributed by atoms with E-state index >= 15 is 0 Å². The van der Waals surface area contributed by atoms with Crippen LogP contribution in [0.15, 0.2) is 34.8 Å². The van der Waals surface area contributed by atoms with Crippen molar-refractivity contribution in [2.24, 2.45) is 5.73 Å². The van der Waals surface area contributed by atoms with Crippen molar-refractivity contribution in [1.29, 1.82) is 0 Å². The average Bonchev–Trinajstić information content (AvgIpc) is 2.08. The highest BCUT2D eigenvalue weighted by molar-refractivity contribution is 9.10. The molecule has 0 saturated carbocycles. The van der Waals surface area contributed by atoms with Gasteiger partial charge < -0.3 is 5.73 Å². The molecule has 1 nitrogen and oxygen atoms in total. The van der Waals surface area contributed by atoms with Crippen molar-refractivity contribution in [3.8, 4) is 0 Å². The Labute approximate surface area is 94.1 Å². The van der Waals surface area contributed by atoms with Gasteiger partial charge in [-0.15, -0.1) is 6.58 Å². The molecule has 0 aromatic heterocycles. The maximum absolute atomic E-state index is 6.07. The Morgan fingerprint density at radius 3 is 2.79 bits per heavy atom. The van der Waals surface area contributed by atoms with E-state index in [2.05, 4.69) is 41.6 Å². The first-order valence-corrected chi connectivity index (χ1v) is 5.46. The average molecular weight is 254 g/mol. The molecule has 2 N–H and O–H groups in total. The second-order valence-electron chi connectivity index (χ2n) is 3.79. The Kier molecular flexibility index (Phi) is 3.90. The normalized spacial score (nSPS) is 12.6. The maximum atomic E-state index is 6.07. The molecule has 14 heavy (non-hydrogen) atoms. The minimum atomic E-state index is 0.0433. The van der Waals surface area contributed by atoms with E-state index < -0.39 is 0 Å². The molecule has 1 rings (SSSR count). The number of hydrogen-bond acceptors (Lipinski definition) is 1. The molecule has 0 aliphatic carbocycles. The van der Waals surface area contributed by atoms with Gasteiger partial charge in [0.25, 0.3) is 0 Å². The lowest BCUT2D eigenvalue weighted by molar-refractivity contribution is 0.713. The van der Waals surface area contributed by atoms with Crippen molar-refractivity contribution < 1.29 is 0 Å². The van der Waals surface area contributed by atoms with Crippen LogP contribution in [0.4, 0.5) is 0 Å². The summed E-state index contributed by atoms with van der Waals surface area (Å²) in [7, 11) is 0. The quantitative estimate of drug-likeness (QED) is 0.817. The van der Waals surface area contributed by atoms with Gasteiger partial charge in [0.15, 0.2) is 0 Å².